The molecule has 3 aromatic carbocycles. The molecule has 2 saturated carbocycles. The molecule has 0 radical (unpaired) electrons. The van der Waals surface area contributed by atoms with Crippen LogP contribution in [0.3, 0.4) is 0 Å². The van der Waals surface area contributed by atoms with Crippen LogP contribution in [0.15, 0.2) is 107 Å². The van der Waals surface area contributed by atoms with Crippen molar-refractivity contribution in [1.82, 2.24) is 19.6 Å². The topological polar surface area (TPSA) is 121 Å². The number of benzene rings is 3. The first-order valence-electron chi connectivity index (χ1n) is 22.3. The summed E-state index contributed by atoms with van der Waals surface area (Å²) in [5, 5.41) is 7.05. The summed E-state index contributed by atoms with van der Waals surface area (Å²) < 4.78 is 15.5. The third kappa shape index (κ3) is 7.83. The van der Waals surface area contributed by atoms with Gasteiger partial charge in [0.05, 0.1) is 23.5 Å². The summed E-state index contributed by atoms with van der Waals surface area (Å²) in [6, 6.07) is 30.0. The van der Waals surface area contributed by atoms with Crippen molar-refractivity contribution in [3.05, 3.63) is 136 Å². The first-order chi connectivity index (χ1) is 30.5. The van der Waals surface area contributed by atoms with Crippen molar-refractivity contribution < 1.29 is 14.3 Å². The summed E-state index contributed by atoms with van der Waals surface area (Å²) in [5.74, 6) is 1.73. The average molecular weight is 846 g/mol. The molecule has 1 amide bonds. The van der Waals surface area contributed by atoms with E-state index in [0.717, 1.165) is 79.1 Å². The number of likely N-dealkylation sites (tertiary alicyclic amines) is 1. The number of allylic oxidation sites excluding steroid dienone is 1. The maximum atomic E-state index is 14.0. The maximum Gasteiger partial charge on any atom is 0.265 e. The normalized spacial score (nSPS) is 21.4. The molecule has 5 aromatic rings. The molecule has 0 unspecified atom stereocenters. The Morgan fingerprint density at radius 1 is 0.968 bits per heavy atom. The monoisotopic (exact) mass is 845 g/mol. The van der Waals surface area contributed by atoms with E-state index in [0.29, 0.717) is 51.9 Å². The quantitative estimate of drug-likeness (QED) is 0.0927. The number of ether oxygens (including phenoxy) is 2. The average Bonchev–Trinajstić information content (AvgIpc) is 3.84. The van der Waals surface area contributed by atoms with Crippen molar-refractivity contribution in [1.29, 1.82) is 0 Å². The fourth-order valence-electron chi connectivity index (χ4n) is 10.7. The Labute approximate surface area is 366 Å². The Bertz CT molecular complexity index is 2530. The van der Waals surface area contributed by atoms with E-state index in [-0.39, 0.29) is 23.5 Å². The number of amides is 1. The third-order valence-electron chi connectivity index (χ3n) is 14.1. The molecule has 2 aromatic heterocycles. The number of nitrogens with one attached hydrogen (secondary N) is 2. The van der Waals surface area contributed by atoms with E-state index in [1.807, 2.05) is 42.5 Å². The second-order valence-corrected chi connectivity index (χ2v) is 18.9. The van der Waals surface area contributed by atoms with E-state index >= 15 is 0 Å². The lowest BCUT2D eigenvalue weighted by Crippen LogP contribution is -2.54. The van der Waals surface area contributed by atoms with Crippen LogP contribution in [0.25, 0.3) is 6.08 Å². The number of hydrogen-bond donors (Lipinski definition) is 2. The Balaban J connectivity index is 0.769. The standard InChI is InChI=1S/C50H51N7O4S/c58-48(55-62-46-27-43(54-59)47-49(53-46)60-31-35(52-47)24-32-8-2-1-3-9-32)41-18-17-36(26-45(41)61-38-25-34-10-6-13-42(34)51-30-38)56-22-19-50(20-23-56)28-37(29-50)57-21-7-14-44(57)40-12-5-4-11-39(40)33-15-16-33/h1-6,8-12,17-18,25-27,30,33,35,37,44,52H,7,13-16,19-24,28-29,31H2,(H,55,58)/t35-,44+/m1/s1. The molecule has 11 rings (SSSR count). The van der Waals surface area contributed by atoms with E-state index in [1.165, 1.54) is 45.1 Å². The van der Waals surface area contributed by atoms with Gasteiger partial charge in [0.2, 0.25) is 5.88 Å². The largest absolute Gasteiger partial charge is 0.474 e. The van der Waals surface area contributed by atoms with Crippen molar-refractivity contribution in [2.24, 2.45) is 10.6 Å². The molecule has 316 valence electrons. The Hall–Kier alpha value is -5.72. The van der Waals surface area contributed by atoms with E-state index in [9.17, 15) is 9.70 Å². The highest BCUT2D eigenvalue weighted by molar-refractivity contribution is 7.97. The predicted molar refractivity (Wildman–Crippen MR) is 244 cm³/mol. The maximum absolute atomic E-state index is 14.0. The van der Waals surface area contributed by atoms with Gasteiger partial charge >= 0.3 is 0 Å². The van der Waals surface area contributed by atoms with Crippen LogP contribution in [0.4, 0.5) is 17.1 Å². The zero-order valence-electron chi connectivity index (χ0n) is 34.8. The van der Waals surface area contributed by atoms with Crippen LogP contribution in [0.5, 0.6) is 17.4 Å². The summed E-state index contributed by atoms with van der Waals surface area (Å²) in [5.41, 5.74) is 8.85. The number of nitroso groups, excluding NO2 is 1. The van der Waals surface area contributed by atoms with Gasteiger partial charge in [-0.3, -0.25) is 19.4 Å². The van der Waals surface area contributed by atoms with Gasteiger partial charge in [0.25, 0.3) is 5.91 Å². The first-order valence-corrected chi connectivity index (χ1v) is 23.1. The van der Waals surface area contributed by atoms with Gasteiger partial charge in [-0.15, -0.1) is 4.91 Å². The predicted octanol–water partition coefficient (Wildman–Crippen LogP) is 10.6. The van der Waals surface area contributed by atoms with Crippen molar-refractivity contribution in [3.8, 4) is 17.4 Å². The molecule has 5 heterocycles. The van der Waals surface area contributed by atoms with Gasteiger partial charge < -0.3 is 19.7 Å². The van der Waals surface area contributed by atoms with Gasteiger partial charge in [-0.2, -0.15) is 0 Å². The molecule has 3 aliphatic carbocycles. The molecule has 62 heavy (non-hydrogen) atoms. The molecule has 4 fully saturated rings. The van der Waals surface area contributed by atoms with Crippen molar-refractivity contribution in [2.45, 2.75) is 93.3 Å². The Morgan fingerprint density at radius 3 is 2.61 bits per heavy atom. The van der Waals surface area contributed by atoms with E-state index in [2.05, 4.69) is 83.5 Å². The molecule has 1 spiro atoms. The van der Waals surface area contributed by atoms with Crippen LogP contribution < -0.4 is 24.4 Å². The molecular weight excluding hydrogens is 795 g/mol. The highest BCUT2D eigenvalue weighted by Gasteiger charge is 2.50. The van der Waals surface area contributed by atoms with Crippen LogP contribution in [-0.2, 0) is 12.8 Å². The van der Waals surface area contributed by atoms with Gasteiger partial charge in [-0.25, -0.2) is 4.98 Å². The third-order valence-corrected chi connectivity index (χ3v) is 14.8. The second kappa shape index (κ2) is 16.5. The molecule has 2 N–H and O–H groups in total. The van der Waals surface area contributed by atoms with Gasteiger partial charge in [0.1, 0.15) is 34.5 Å². The van der Waals surface area contributed by atoms with E-state index < -0.39 is 0 Å². The Kier molecular flexibility index (Phi) is 10.4. The number of rotatable bonds is 12. The lowest BCUT2D eigenvalue weighted by atomic mass is 9.59. The summed E-state index contributed by atoms with van der Waals surface area (Å²) in [6.45, 7) is 3.53. The fourth-order valence-corrected chi connectivity index (χ4v) is 11.3. The minimum absolute atomic E-state index is 0.0477. The molecule has 0 bridgehead atoms. The number of hydrogen-bond acceptors (Lipinski definition) is 11. The lowest BCUT2D eigenvalue weighted by molar-refractivity contribution is -0.0227. The van der Waals surface area contributed by atoms with Crippen molar-refractivity contribution in [3.63, 3.8) is 0 Å². The number of pyridine rings is 2. The number of fused-ring (bicyclic) bond motifs is 2. The smallest absolute Gasteiger partial charge is 0.265 e. The number of piperidine rings is 1. The number of anilines is 2. The van der Waals surface area contributed by atoms with Crippen LogP contribution in [0.2, 0.25) is 0 Å². The summed E-state index contributed by atoms with van der Waals surface area (Å²) in [4.78, 5) is 40.6. The zero-order valence-corrected chi connectivity index (χ0v) is 35.6. The molecule has 2 atom stereocenters. The molecule has 6 aliphatic rings. The Morgan fingerprint density at radius 2 is 1.79 bits per heavy atom. The molecule has 11 nitrogen and oxygen atoms in total. The molecular formula is C50H51N7O4S. The fraction of sp³-hybridized carbons (Fsp3) is 0.380. The molecule has 2 saturated heterocycles. The van der Waals surface area contributed by atoms with Gasteiger partial charge in [-0.05, 0) is 121 Å². The van der Waals surface area contributed by atoms with Crippen LogP contribution in [-0.4, -0.2) is 59.1 Å². The van der Waals surface area contributed by atoms with Crippen molar-refractivity contribution in [2.75, 3.05) is 36.5 Å². The number of carbonyl (C=O) groups excluding carboxylic acids is 1. The number of nitrogens with zero attached hydrogens (tertiary/aromatic N) is 5. The first kappa shape index (κ1) is 39.1. The minimum atomic E-state index is -0.356. The summed E-state index contributed by atoms with van der Waals surface area (Å²) in [7, 11) is 0. The SMILES string of the molecule is O=Nc1cc(SNC(=O)c2ccc(N3CCC4(CC3)CC(N3CCC[C@H]3c3ccccc3C3CC3)C4)cc2Oc2cnc3c(c2)C=CC3)nc2c1N[C@H](Cc1ccccc1)CO2. The van der Waals surface area contributed by atoms with Gasteiger partial charge in [0, 0.05) is 61.4 Å². The molecule has 3 aliphatic heterocycles. The second-order valence-electron chi connectivity index (χ2n) is 18.1. The van der Waals surface area contributed by atoms with E-state index in [1.54, 1.807) is 23.4 Å². The lowest BCUT2D eigenvalue weighted by Gasteiger charge is -2.56. The van der Waals surface area contributed by atoms with Crippen molar-refractivity contribution >= 4 is 41.0 Å². The van der Waals surface area contributed by atoms with Crippen LogP contribution in [0.1, 0.15) is 102 Å². The highest BCUT2D eigenvalue weighted by Crippen LogP contribution is 2.55. The number of carbonyl (C=O) groups is 1. The summed E-state index contributed by atoms with van der Waals surface area (Å²) >= 11 is 1.01. The van der Waals surface area contributed by atoms with Crippen LogP contribution >= 0.6 is 11.9 Å². The van der Waals surface area contributed by atoms with Gasteiger partial charge in [0.15, 0.2) is 0 Å². The molecule has 12 heteroatoms. The highest BCUT2D eigenvalue weighted by atomic mass is 32.2. The summed E-state index contributed by atoms with van der Waals surface area (Å²) in [6.07, 6.45) is 17.6. The van der Waals surface area contributed by atoms with E-state index in [4.69, 9.17) is 9.47 Å². The number of aromatic nitrogens is 2. The minimum Gasteiger partial charge on any atom is -0.474 e. The zero-order chi connectivity index (χ0) is 41.6. The van der Waals surface area contributed by atoms with Crippen LogP contribution in [0, 0.1) is 10.3 Å². The van der Waals surface area contributed by atoms with Gasteiger partial charge in [-0.1, -0.05) is 66.7 Å².